The summed E-state index contributed by atoms with van der Waals surface area (Å²) in [7, 11) is 0. The van der Waals surface area contributed by atoms with Gasteiger partial charge in [0.1, 0.15) is 11.6 Å². The lowest BCUT2D eigenvalue weighted by Crippen LogP contribution is -2.21. The van der Waals surface area contributed by atoms with Crippen molar-refractivity contribution >= 4 is 17.3 Å². The summed E-state index contributed by atoms with van der Waals surface area (Å²) in [5.74, 6) is -0.230. The fraction of sp³-hybridized carbons (Fsp3) is 0.188. The Morgan fingerprint density at radius 1 is 1.32 bits per heavy atom. The number of amides is 1. The first-order valence-electron chi connectivity index (χ1n) is 6.70. The van der Waals surface area contributed by atoms with Gasteiger partial charge in [0.25, 0.3) is 5.56 Å². The Kier molecular flexibility index (Phi) is 4.28. The molecule has 0 aliphatic carbocycles. The molecule has 4 N–H and O–H groups in total. The molecule has 112 valence electrons. The third kappa shape index (κ3) is 3.15. The molecule has 1 amide bonds. The van der Waals surface area contributed by atoms with Crippen molar-refractivity contribution in [2.24, 2.45) is 0 Å². The Hall–Kier alpha value is -3.07. The van der Waals surface area contributed by atoms with Gasteiger partial charge in [-0.1, -0.05) is 0 Å². The van der Waals surface area contributed by atoms with E-state index in [4.69, 9.17) is 11.0 Å². The molecule has 0 fully saturated rings. The number of aromatic amines is 1. The predicted molar refractivity (Wildman–Crippen MR) is 84.4 cm³/mol. The third-order valence-electron chi connectivity index (χ3n) is 3.45. The zero-order valence-electron chi connectivity index (χ0n) is 12.4. The van der Waals surface area contributed by atoms with Gasteiger partial charge in [-0.15, -0.1) is 0 Å². The van der Waals surface area contributed by atoms with Gasteiger partial charge in [0.05, 0.1) is 6.42 Å². The van der Waals surface area contributed by atoms with Crippen LogP contribution in [0.2, 0.25) is 0 Å². The molecule has 1 heterocycles. The van der Waals surface area contributed by atoms with Crippen molar-refractivity contribution < 1.29 is 4.79 Å². The molecule has 0 aliphatic heterocycles. The van der Waals surface area contributed by atoms with Gasteiger partial charge in [0.15, 0.2) is 0 Å². The topological polar surface area (TPSA) is 112 Å². The van der Waals surface area contributed by atoms with Gasteiger partial charge in [-0.2, -0.15) is 5.26 Å². The number of nitrogens with one attached hydrogen (secondary N) is 2. The number of pyridine rings is 1. The number of aromatic nitrogens is 1. The zero-order chi connectivity index (χ0) is 16.3. The minimum absolute atomic E-state index is 0.0425. The molecular weight excluding hydrogens is 280 g/mol. The highest BCUT2D eigenvalue weighted by Crippen LogP contribution is 2.15. The summed E-state index contributed by atoms with van der Waals surface area (Å²) in [5, 5.41) is 11.8. The number of aryl methyl sites for hydroxylation is 1. The number of H-pyrrole nitrogens is 1. The lowest BCUT2D eigenvalue weighted by atomic mass is 10.00. The number of nitrogens with zero attached hydrogens (tertiary/aromatic N) is 1. The van der Waals surface area contributed by atoms with Crippen LogP contribution in [0.1, 0.15) is 22.4 Å². The van der Waals surface area contributed by atoms with Gasteiger partial charge < -0.3 is 16.0 Å². The molecule has 0 unspecified atom stereocenters. The predicted octanol–water partition coefficient (Wildman–Crippen LogP) is 1.63. The first-order chi connectivity index (χ1) is 10.4. The van der Waals surface area contributed by atoms with Crippen LogP contribution >= 0.6 is 0 Å². The van der Waals surface area contributed by atoms with Crippen molar-refractivity contribution in [3.63, 3.8) is 0 Å². The lowest BCUT2D eigenvalue weighted by molar-refractivity contribution is -0.115. The van der Waals surface area contributed by atoms with Crippen LogP contribution in [-0.4, -0.2) is 10.9 Å². The summed E-state index contributed by atoms with van der Waals surface area (Å²) in [6.45, 7) is 3.38. The maximum Gasteiger partial charge on any atom is 0.266 e. The zero-order valence-corrected chi connectivity index (χ0v) is 12.4. The van der Waals surface area contributed by atoms with Crippen molar-refractivity contribution in [1.29, 1.82) is 5.26 Å². The van der Waals surface area contributed by atoms with E-state index in [0.717, 1.165) is 0 Å². The molecular formula is C16H16N4O2. The van der Waals surface area contributed by atoms with E-state index in [0.29, 0.717) is 28.2 Å². The number of rotatable bonds is 3. The molecule has 6 heteroatoms. The second-order valence-electron chi connectivity index (χ2n) is 5.02. The molecule has 1 aromatic heterocycles. The maximum atomic E-state index is 12.1. The molecule has 1 aromatic carbocycles. The van der Waals surface area contributed by atoms with Crippen LogP contribution in [0, 0.1) is 25.2 Å². The fourth-order valence-electron chi connectivity index (χ4n) is 2.24. The summed E-state index contributed by atoms with van der Waals surface area (Å²) in [5.41, 5.74) is 8.24. The van der Waals surface area contributed by atoms with Gasteiger partial charge in [-0.05, 0) is 49.2 Å². The van der Waals surface area contributed by atoms with Gasteiger partial charge in [0.2, 0.25) is 5.91 Å². The molecule has 0 saturated carbocycles. The lowest BCUT2D eigenvalue weighted by Gasteiger charge is -2.11. The van der Waals surface area contributed by atoms with E-state index < -0.39 is 5.56 Å². The summed E-state index contributed by atoms with van der Waals surface area (Å²) in [6, 6.07) is 8.68. The second kappa shape index (κ2) is 6.14. The normalized spacial score (nSPS) is 10.0. The van der Waals surface area contributed by atoms with E-state index in [1.54, 1.807) is 38.1 Å². The van der Waals surface area contributed by atoms with Crippen LogP contribution < -0.4 is 16.6 Å². The van der Waals surface area contributed by atoms with Crippen molar-refractivity contribution in [3.8, 4) is 6.07 Å². The molecule has 0 atom stereocenters. The second-order valence-corrected chi connectivity index (χ2v) is 5.02. The molecule has 0 saturated heterocycles. The molecule has 0 aliphatic rings. The minimum Gasteiger partial charge on any atom is -0.399 e. The van der Waals surface area contributed by atoms with Gasteiger partial charge in [0, 0.05) is 17.1 Å². The van der Waals surface area contributed by atoms with Crippen LogP contribution in [0.5, 0.6) is 0 Å². The molecule has 0 bridgehead atoms. The first kappa shape index (κ1) is 15.3. The molecule has 0 spiro atoms. The molecule has 0 radical (unpaired) electrons. The van der Waals surface area contributed by atoms with Crippen molar-refractivity contribution in [2.45, 2.75) is 20.3 Å². The van der Waals surface area contributed by atoms with Crippen LogP contribution in [-0.2, 0) is 11.2 Å². The Labute approximate surface area is 127 Å². The van der Waals surface area contributed by atoms with E-state index in [2.05, 4.69) is 10.3 Å². The van der Waals surface area contributed by atoms with Crippen LogP contribution in [0.4, 0.5) is 11.4 Å². The molecule has 2 rings (SSSR count). The number of nitrogen functional groups attached to an aromatic ring is 1. The van der Waals surface area contributed by atoms with E-state index in [-0.39, 0.29) is 17.9 Å². The highest BCUT2D eigenvalue weighted by atomic mass is 16.1. The summed E-state index contributed by atoms with van der Waals surface area (Å²) < 4.78 is 0. The summed E-state index contributed by atoms with van der Waals surface area (Å²) in [6.07, 6.45) is 0.0769. The molecule has 22 heavy (non-hydrogen) atoms. The van der Waals surface area contributed by atoms with E-state index >= 15 is 0 Å². The van der Waals surface area contributed by atoms with Crippen molar-refractivity contribution in [3.05, 3.63) is 57.0 Å². The van der Waals surface area contributed by atoms with Crippen LogP contribution in [0.15, 0.2) is 29.1 Å². The number of carbonyl (C=O) groups is 1. The number of carbonyl (C=O) groups excluding carboxylic acids is 1. The Balaban J connectivity index is 2.24. The SMILES string of the molecule is Cc1[nH]c(=O)c(C#N)c(C)c1CC(=O)Nc1ccc(N)cc1. The maximum absolute atomic E-state index is 12.1. The number of benzene rings is 1. The van der Waals surface area contributed by atoms with E-state index in [1.165, 1.54) is 0 Å². The highest BCUT2D eigenvalue weighted by molar-refractivity contribution is 5.92. The van der Waals surface area contributed by atoms with Gasteiger partial charge >= 0.3 is 0 Å². The van der Waals surface area contributed by atoms with Crippen molar-refractivity contribution in [1.82, 2.24) is 4.98 Å². The Bertz CT molecular complexity index is 814. The quantitative estimate of drug-likeness (QED) is 0.747. The molecule has 2 aromatic rings. The summed E-state index contributed by atoms with van der Waals surface area (Å²) in [4.78, 5) is 26.4. The number of anilines is 2. The standard InChI is InChI=1S/C16H16N4O2/c1-9-13(10(2)19-16(22)14(9)8-17)7-15(21)20-12-5-3-11(18)4-6-12/h3-6H,7,18H2,1-2H3,(H,19,22)(H,20,21). The third-order valence-corrected chi connectivity index (χ3v) is 3.45. The monoisotopic (exact) mass is 296 g/mol. The highest BCUT2D eigenvalue weighted by Gasteiger charge is 2.15. The smallest absolute Gasteiger partial charge is 0.266 e. The summed E-state index contributed by atoms with van der Waals surface area (Å²) >= 11 is 0. The number of hydrogen-bond acceptors (Lipinski definition) is 4. The average Bonchev–Trinajstić information content (AvgIpc) is 2.46. The van der Waals surface area contributed by atoms with Crippen LogP contribution in [0.25, 0.3) is 0 Å². The largest absolute Gasteiger partial charge is 0.399 e. The minimum atomic E-state index is -0.430. The average molecular weight is 296 g/mol. The van der Waals surface area contributed by atoms with E-state index in [1.807, 2.05) is 6.07 Å². The molecule has 6 nitrogen and oxygen atoms in total. The number of hydrogen-bond donors (Lipinski definition) is 3. The Morgan fingerprint density at radius 3 is 2.55 bits per heavy atom. The van der Waals surface area contributed by atoms with Gasteiger partial charge in [-0.25, -0.2) is 0 Å². The van der Waals surface area contributed by atoms with Crippen molar-refractivity contribution in [2.75, 3.05) is 11.1 Å². The number of nitriles is 1. The van der Waals surface area contributed by atoms with Crippen LogP contribution in [0.3, 0.4) is 0 Å². The number of nitrogens with two attached hydrogens (primary N) is 1. The van der Waals surface area contributed by atoms with E-state index in [9.17, 15) is 9.59 Å². The Morgan fingerprint density at radius 2 is 1.95 bits per heavy atom. The first-order valence-corrected chi connectivity index (χ1v) is 6.70. The van der Waals surface area contributed by atoms with Gasteiger partial charge in [-0.3, -0.25) is 9.59 Å². The fourth-order valence-corrected chi connectivity index (χ4v) is 2.24.